The first kappa shape index (κ1) is 19.9. The summed E-state index contributed by atoms with van der Waals surface area (Å²) in [5.74, 6) is -1.83. The van der Waals surface area contributed by atoms with Crippen molar-refractivity contribution in [2.75, 3.05) is 18.4 Å². The number of hydrogen-bond donors (Lipinski definition) is 1. The molecule has 6 nitrogen and oxygen atoms in total. The smallest absolute Gasteiger partial charge is 0.333 e. The van der Waals surface area contributed by atoms with Gasteiger partial charge in [-0.1, -0.05) is 19.3 Å². The Morgan fingerprint density at radius 1 is 1.22 bits per heavy atom. The first-order chi connectivity index (χ1) is 12.8. The molecule has 2 fully saturated rings. The third-order valence-corrected chi connectivity index (χ3v) is 5.95. The summed E-state index contributed by atoms with van der Waals surface area (Å²) in [5, 5.41) is 3.25. The highest BCUT2D eigenvalue weighted by Gasteiger charge is 2.46. The normalized spacial score (nSPS) is 21.3. The largest absolute Gasteiger partial charge is 0.471 e. The van der Waals surface area contributed by atoms with Crippen LogP contribution in [0.1, 0.15) is 43.4 Å². The summed E-state index contributed by atoms with van der Waals surface area (Å²) in [4.78, 5) is 32.0. The number of halogens is 3. The van der Waals surface area contributed by atoms with Crippen molar-refractivity contribution < 1.29 is 22.8 Å². The van der Waals surface area contributed by atoms with Crippen molar-refractivity contribution in [3.05, 3.63) is 11.1 Å². The van der Waals surface area contributed by atoms with Gasteiger partial charge in [-0.2, -0.15) is 13.2 Å². The summed E-state index contributed by atoms with van der Waals surface area (Å²) in [6.45, 7) is 1.80. The number of carbonyl (C=O) groups is 2. The highest BCUT2D eigenvalue weighted by molar-refractivity contribution is 7.15. The molecule has 1 aliphatic carbocycles. The molecule has 3 amide bonds. The van der Waals surface area contributed by atoms with Crippen molar-refractivity contribution in [3.63, 3.8) is 0 Å². The lowest BCUT2D eigenvalue weighted by Crippen LogP contribution is -2.51. The van der Waals surface area contributed by atoms with Gasteiger partial charge in [-0.25, -0.2) is 9.78 Å². The number of hydrogen-bond acceptors (Lipinski definition) is 4. The van der Waals surface area contributed by atoms with Crippen molar-refractivity contribution in [2.45, 2.75) is 63.7 Å². The number of likely N-dealkylation sites (tertiary alicyclic amines) is 1. The predicted octanol–water partition coefficient (Wildman–Crippen LogP) is 3.78. The first-order valence-corrected chi connectivity index (χ1v) is 9.95. The van der Waals surface area contributed by atoms with Crippen molar-refractivity contribution in [2.24, 2.45) is 0 Å². The van der Waals surface area contributed by atoms with E-state index in [0.717, 1.165) is 41.9 Å². The lowest BCUT2D eigenvalue weighted by molar-refractivity contribution is -0.184. The lowest BCUT2D eigenvalue weighted by Gasteiger charge is -2.38. The molecule has 1 aliphatic heterocycles. The topological polar surface area (TPSA) is 65.5 Å². The minimum atomic E-state index is -4.88. The van der Waals surface area contributed by atoms with E-state index in [4.69, 9.17) is 0 Å². The molecule has 0 radical (unpaired) electrons. The summed E-state index contributed by atoms with van der Waals surface area (Å²) in [6, 6.07) is -0.784. The Bertz CT molecular complexity index is 688. The number of aryl methyl sites for hydroxylation is 1. The average molecular weight is 404 g/mol. The first-order valence-electron chi connectivity index (χ1n) is 9.13. The van der Waals surface area contributed by atoms with Gasteiger partial charge in [0.15, 0.2) is 5.13 Å². The summed E-state index contributed by atoms with van der Waals surface area (Å²) >= 11 is 1.35. The van der Waals surface area contributed by atoms with Crippen LogP contribution in [0, 0.1) is 6.92 Å². The Morgan fingerprint density at radius 2 is 1.93 bits per heavy atom. The van der Waals surface area contributed by atoms with Crippen molar-refractivity contribution in [3.8, 4) is 0 Å². The fourth-order valence-electron chi connectivity index (χ4n) is 3.89. The maximum Gasteiger partial charge on any atom is 0.471 e. The van der Waals surface area contributed by atoms with Crippen LogP contribution in [0.2, 0.25) is 0 Å². The molecule has 1 aromatic heterocycles. The van der Waals surface area contributed by atoms with Gasteiger partial charge in [-0.15, -0.1) is 11.3 Å². The van der Waals surface area contributed by atoms with Crippen molar-refractivity contribution >= 4 is 28.4 Å². The van der Waals surface area contributed by atoms with Crippen LogP contribution < -0.4 is 5.32 Å². The molecule has 1 aromatic rings. The van der Waals surface area contributed by atoms with Crippen molar-refractivity contribution in [1.29, 1.82) is 0 Å². The van der Waals surface area contributed by atoms with Gasteiger partial charge in [0.2, 0.25) is 0 Å². The number of aromatic nitrogens is 1. The minimum absolute atomic E-state index is 0.00979. The number of urea groups is 1. The second kappa shape index (κ2) is 8.04. The van der Waals surface area contributed by atoms with Crippen molar-refractivity contribution in [1.82, 2.24) is 14.8 Å². The molecule has 3 rings (SSSR count). The van der Waals surface area contributed by atoms with Crippen LogP contribution in [0.3, 0.4) is 0 Å². The van der Waals surface area contributed by atoms with Gasteiger partial charge in [0, 0.05) is 30.2 Å². The van der Waals surface area contributed by atoms with Crippen LogP contribution in [-0.4, -0.2) is 58.1 Å². The molecular weight excluding hydrogens is 381 g/mol. The fourth-order valence-corrected chi connectivity index (χ4v) is 4.54. The molecule has 27 heavy (non-hydrogen) atoms. The maximum absolute atomic E-state index is 12.9. The van der Waals surface area contributed by atoms with E-state index in [0.29, 0.717) is 11.6 Å². The van der Waals surface area contributed by atoms with E-state index in [-0.39, 0.29) is 25.2 Å². The number of nitrogens with one attached hydrogen (secondary N) is 1. The number of carbonyl (C=O) groups excluding carboxylic acids is 2. The summed E-state index contributed by atoms with van der Waals surface area (Å²) < 4.78 is 38.2. The Hall–Kier alpha value is -1.84. The number of nitrogens with zero attached hydrogens (tertiary/aromatic N) is 3. The third kappa shape index (κ3) is 4.72. The molecule has 1 atom stereocenters. The van der Waals surface area contributed by atoms with E-state index >= 15 is 0 Å². The number of rotatable bonds is 3. The Morgan fingerprint density at radius 3 is 2.52 bits per heavy atom. The van der Waals surface area contributed by atoms with Gasteiger partial charge >= 0.3 is 18.1 Å². The number of thiazole rings is 1. The van der Waals surface area contributed by atoms with Crippen LogP contribution in [0.15, 0.2) is 6.20 Å². The summed E-state index contributed by atoms with van der Waals surface area (Å²) in [6.07, 6.45) is 1.85. The molecule has 150 valence electrons. The standard InChI is InChI=1S/C17H23F3N4O2S/c1-11-9-21-15(27-11)22-16(26)24(12-5-3-2-4-6-12)13-7-8-23(10-13)14(25)17(18,19)20/h9,12-13H,2-8,10H2,1H3,(H,21,22,26). The van der Waals surface area contributed by atoms with Crippen LogP contribution >= 0.6 is 11.3 Å². The van der Waals surface area contributed by atoms with E-state index in [1.807, 2.05) is 6.92 Å². The molecule has 2 aliphatic rings. The molecule has 1 saturated heterocycles. The van der Waals surface area contributed by atoms with Crippen LogP contribution in [-0.2, 0) is 4.79 Å². The minimum Gasteiger partial charge on any atom is -0.333 e. The average Bonchev–Trinajstić information content (AvgIpc) is 3.24. The zero-order valence-electron chi connectivity index (χ0n) is 15.1. The van der Waals surface area contributed by atoms with E-state index in [2.05, 4.69) is 10.3 Å². The molecule has 0 aromatic carbocycles. The zero-order valence-corrected chi connectivity index (χ0v) is 15.9. The SMILES string of the molecule is Cc1cnc(NC(=O)N(C2CCCCC2)C2CCN(C(=O)C(F)(F)F)C2)s1. The van der Waals surface area contributed by atoms with Gasteiger partial charge in [0.1, 0.15) is 0 Å². The summed E-state index contributed by atoms with van der Waals surface area (Å²) in [7, 11) is 0. The van der Waals surface area contributed by atoms with E-state index in [9.17, 15) is 22.8 Å². The Labute approximate surface area is 159 Å². The number of anilines is 1. The molecule has 0 spiro atoms. The van der Waals surface area contributed by atoms with E-state index in [1.165, 1.54) is 11.3 Å². The Kier molecular flexibility index (Phi) is 5.92. The van der Waals surface area contributed by atoms with Crippen LogP contribution in [0.4, 0.5) is 23.1 Å². The van der Waals surface area contributed by atoms with Crippen LogP contribution in [0.25, 0.3) is 0 Å². The molecule has 1 unspecified atom stereocenters. The van der Waals surface area contributed by atoms with Gasteiger partial charge in [-0.05, 0) is 26.2 Å². The predicted molar refractivity (Wildman–Crippen MR) is 95.6 cm³/mol. The van der Waals surface area contributed by atoms with E-state index < -0.39 is 18.1 Å². The molecule has 1 saturated carbocycles. The van der Waals surface area contributed by atoms with Gasteiger partial charge in [0.25, 0.3) is 0 Å². The maximum atomic E-state index is 12.9. The molecule has 10 heteroatoms. The molecule has 2 heterocycles. The Balaban J connectivity index is 1.74. The molecular formula is C17H23F3N4O2S. The zero-order chi connectivity index (χ0) is 19.6. The number of amides is 3. The number of alkyl halides is 3. The summed E-state index contributed by atoms with van der Waals surface area (Å²) in [5.41, 5.74) is 0. The second-order valence-electron chi connectivity index (χ2n) is 7.10. The monoisotopic (exact) mass is 404 g/mol. The fraction of sp³-hybridized carbons (Fsp3) is 0.706. The molecule has 0 bridgehead atoms. The quantitative estimate of drug-likeness (QED) is 0.834. The highest BCUT2D eigenvalue weighted by Crippen LogP contribution is 2.30. The van der Waals surface area contributed by atoms with Gasteiger partial charge < -0.3 is 9.80 Å². The molecule has 1 N–H and O–H groups in total. The van der Waals surface area contributed by atoms with Gasteiger partial charge in [0.05, 0.1) is 6.04 Å². The van der Waals surface area contributed by atoms with E-state index in [1.54, 1.807) is 11.1 Å². The van der Waals surface area contributed by atoms with Gasteiger partial charge in [-0.3, -0.25) is 10.1 Å². The van der Waals surface area contributed by atoms with Crippen LogP contribution in [0.5, 0.6) is 0 Å². The lowest BCUT2D eigenvalue weighted by atomic mass is 9.93. The second-order valence-corrected chi connectivity index (χ2v) is 8.33. The highest BCUT2D eigenvalue weighted by atomic mass is 32.1. The third-order valence-electron chi connectivity index (χ3n) is 5.12.